The maximum absolute atomic E-state index is 5.31. The first-order valence-electron chi connectivity index (χ1n) is 8.21. The van der Waals surface area contributed by atoms with Crippen LogP contribution in [0.2, 0.25) is 0 Å². The van der Waals surface area contributed by atoms with Gasteiger partial charge in [-0.2, -0.15) is 0 Å². The van der Waals surface area contributed by atoms with Crippen LogP contribution in [-0.4, -0.2) is 13.2 Å². The van der Waals surface area contributed by atoms with Gasteiger partial charge in [0.05, 0.1) is 7.11 Å². The summed E-state index contributed by atoms with van der Waals surface area (Å²) in [5, 5.41) is 3.84. The highest BCUT2D eigenvalue weighted by atomic mass is 16.5. The third kappa shape index (κ3) is 2.05. The lowest BCUT2D eigenvalue weighted by molar-refractivity contribution is 0.208. The summed E-state index contributed by atoms with van der Waals surface area (Å²) in [4.78, 5) is 0. The Morgan fingerprint density at radius 1 is 1.15 bits per heavy atom. The van der Waals surface area contributed by atoms with E-state index in [9.17, 15) is 0 Å². The summed E-state index contributed by atoms with van der Waals surface area (Å²) in [5.74, 6) is 5.12. The van der Waals surface area contributed by atoms with E-state index in [-0.39, 0.29) is 0 Å². The summed E-state index contributed by atoms with van der Waals surface area (Å²) in [6.45, 7) is 0.989. The minimum atomic E-state index is 0.769. The summed E-state index contributed by atoms with van der Waals surface area (Å²) in [6, 6.07) is 9.22. The predicted molar refractivity (Wildman–Crippen MR) is 80.7 cm³/mol. The second kappa shape index (κ2) is 5.07. The lowest BCUT2D eigenvalue weighted by Gasteiger charge is -2.32. The second-order valence-electron chi connectivity index (χ2n) is 6.99. The zero-order valence-corrected chi connectivity index (χ0v) is 12.3. The van der Waals surface area contributed by atoms with E-state index >= 15 is 0 Å². The molecule has 1 aromatic rings. The first-order chi connectivity index (χ1) is 9.85. The number of nitrogens with one attached hydrogen (secondary N) is 1. The summed E-state index contributed by atoms with van der Waals surface area (Å²) < 4.78 is 5.31. The molecule has 0 saturated heterocycles. The third-order valence-corrected chi connectivity index (χ3v) is 6.13. The monoisotopic (exact) mass is 271 g/mol. The van der Waals surface area contributed by atoms with Gasteiger partial charge < -0.3 is 10.1 Å². The molecule has 2 heteroatoms. The van der Waals surface area contributed by atoms with Crippen molar-refractivity contribution in [3.63, 3.8) is 0 Å². The minimum absolute atomic E-state index is 0.769. The van der Waals surface area contributed by atoms with E-state index in [0.717, 1.165) is 42.0 Å². The Labute approximate surface area is 121 Å². The van der Waals surface area contributed by atoms with Gasteiger partial charge in [0.15, 0.2) is 0 Å². The van der Waals surface area contributed by atoms with Crippen LogP contribution < -0.4 is 10.1 Å². The Balaban J connectivity index is 1.38. The van der Waals surface area contributed by atoms with Gasteiger partial charge in [-0.25, -0.2) is 0 Å². The van der Waals surface area contributed by atoms with Crippen LogP contribution in [0.15, 0.2) is 24.3 Å². The van der Waals surface area contributed by atoms with Crippen molar-refractivity contribution >= 4 is 0 Å². The first kappa shape index (κ1) is 12.7. The molecule has 0 radical (unpaired) electrons. The lowest BCUT2D eigenvalue weighted by Crippen LogP contribution is -2.38. The summed E-state index contributed by atoms with van der Waals surface area (Å²) in [5.41, 5.74) is 1.34. The fraction of sp³-hybridized carbons (Fsp3) is 0.667. The first-order valence-corrected chi connectivity index (χ1v) is 8.21. The molecule has 0 amide bonds. The predicted octanol–water partition coefficient (Wildman–Crippen LogP) is 3.61. The average Bonchev–Trinajstić information content (AvgIpc) is 3.17. The fourth-order valence-electron chi connectivity index (χ4n) is 5.33. The van der Waals surface area contributed by atoms with Crippen molar-refractivity contribution in [1.29, 1.82) is 0 Å². The quantitative estimate of drug-likeness (QED) is 0.903. The van der Waals surface area contributed by atoms with Gasteiger partial charge in [-0.3, -0.25) is 0 Å². The number of fused-ring (bicyclic) bond motifs is 5. The molecule has 3 aliphatic rings. The van der Waals surface area contributed by atoms with E-state index in [0.29, 0.717) is 0 Å². The summed E-state index contributed by atoms with van der Waals surface area (Å²) in [7, 11) is 1.74. The van der Waals surface area contributed by atoms with Crippen molar-refractivity contribution in [3.8, 4) is 5.75 Å². The molecular weight excluding hydrogens is 246 g/mol. The Morgan fingerprint density at radius 3 is 2.95 bits per heavy atom. The molecule has 1 aromatic carbocycles. The van der Waals surface area contributed by atoms with Gasteiger partial charge in [0.1, 0.15) is 5.75 Å². The van der Waals surface area contributed by atoms with Gasteiger partial charge in [-0.05, 0) is 67.1 Å². The van der Waals surface area contributed by atoms with Crippen LogP contribution in [0.3, 0.4) is 0 Å². The molecule has 2 nitrogen and oxygen atoms in total. The molecule has 4 rings (SSSR count). The van der Waals surface area contributed by atoms with E-state index in [1.54, 1.807) is 7.11 Å². The van der Waals surface area contributed by atoms with Gasteiger partial charge in [-0.1, -0.05) is 18.6 Å². The average molecular weight is 271 g/mol. The van der Waals surface area contributed by atoms with Crippen molar-refractivity contribution in [2.24, 2.45) is 23.7 Å². The lowest BCUT2D eigenvalue weighted by atomic mass is 9.79. The van der Waals surface area contributed by atoms with E-state index in [2.05, 4.69) is 23.5 Å². The Kier molecular flexibility index (Phi) is 3.22. The Bertz CT molecular complexity index is 486. The molecule has 5 atom stereocenters. The van der Waals surface area contributed by atoms with Gasteiger partial charge in [-0.15, -0.1) is 0 Å². The van der Waals surface area contributed by atoms with Crippen molar-refractivity contribution in [2.75, 3.05) is 7.11 Å². The van der Waals surface area contributed by atoms with Crippen LogP contribution in [0.25, 0.3) is 0 Å². The highest BCUT2D eigenvalue weighted by Crippen LogP contribution is 2.58. The molecule has 1 N–H and O–H groups in total. The maximum Gasteiger partial charge on any atom is 0.119 e. The molecule has 3 saturated carbocycles. The molecular formula is C18H25NO. The summed E-state index contributed by atoms with van der Waals surface area (Å²) in [6.07, 6.45) is 7.45. The zero-order valence-electron chi connectivity index (χ0n) is 12.3. The van der Waals surface area contributed by atoms with Gasteiger partial charge in [0.2, 0.25) is 0 Å². The van der Waals surface area contributed by atoms with Crippen molar-refractivity contribution in [3.05, 3.63) is 29.8 Å². The van der Waals surface area contributed by atoms with Crippen LogP contribution in [0.1, 0.15) is 37.7 Å². The van der Waals surface area contributed by atoms with Crippen LogP contribution in [0.5, 0.6) is 5.75 Å². The zero-order chi connectivity index (χ0) is 13.5. The number of rotatable bonds is 4. The normalized spacial score (nSPS) is 38.1. The minimum Gasteiger partial charge on any atom is -0.497 e. The SMILES string of the molecule is COc1cccc(CN[C@@H]2CC3CC2[C@H]2CCC[C@@H]32)c1. The topological polar surface area (TPSA) is 21.3 Å². The molecule has 0 aromatic heterocycles. The van der Waals surface area contributed by atoms with E-state index in [4.69, 9.17) is 4.74 Å². The summed E-state index contributed by atoms with van der Waals surface area (Å²) >= 11 is 0. The van der Waals surface area contributed by atoms with Crippen molar-refractivity contribution in [1.82, 2.24) is 5.32 Å². The van der Waals surface area contributed by atoms with Gasteiger partial charge >= 0.3 is 0 Å². The molecule has 20 heavy (non-hydrogen) atoms. The fourth-order valence-corrected chi connectivity index (χ4v) is 5.33. The Morgan fingerprint density at radius 2 is 2.05 bits per heavy atom. The highest BCUT2D eigenvalue weighted by Gasteiger charge is 2.53. The third-order valence-electron chi connectivity index (χ3n) is 6.13. The number of hydrogen-bond acceptors (Lipinski definition) is 2. The van der Waals surface area contributed by atoms with Crippen molar-refractivity contribution < 1.29 is 4.74 Å². The van der Waals surface area contributed by atoms with Gasteiger partial charge in [0.25, 0.3) is 0 Å². The molecule has 2 bridgehead atoms. The smallest absolute Gasteiger partial charge is 0.119 e. The van der Waals surface area contributed by atoms with Crippen LogP contribution in [0.4, 0.5) is 0 Å². The van der Waals surface area contributed by atoms with E-state index < -0.39 is 0 Å². The Hall–Kier alpha value is -1.02. The van der Waals surface area contributed by atoms with E-state index in [1.807, 2.05) is 6.07 Å². The second-order valence-corrected chi connectivity index (χ2v) is 6.99. The molecule has 2 unspecified atom stereocenters. The molecule has 108 valence electrons. The number of ether oxygens (including phenoxy) is 1. The molecule has 3 aliphatic carbocycles. The van der Waals surface area contributed by atoms with Crippen LogP contribution in [-0.2, 0) is 6.54 Å². The molecule has 0 heterocycles. The standard InChI is InChI=1S/C18H25NO/c1-20-14-5-2-4-12(8-14)11-19-18-10-13-9-17(18)16-7-3-6-15(13)16/h2,4-5,8,13,15-19H,3,6-7,9-11H2,1H3/t13?,15-,16-,17?,18+/m0/s1. The number of hydrogen-bond donors (Lipinski definition) is 1. The van der Waals surface area contributed by atoms with Crippen LogP contribution in [0, 0.1) is 23.7 Å². The van der Waals surface area contributed by atoms with Gasteiger partial charge in [0, 0.05) is 12.6 Å². The van der Waals surface area contributed by atoms with E-state index in [1.165, 1.54) is 37.7 Å². The largest absolute Gasteiger partial charge is 0.497 e. The van der Waals surface area contributed by atoms with Crippen LogP contribution >= 0.6 is 0 Å². The highest BCUT2D eigenvalue weighted by molar-refractivity contribution is 5.28. The van der Waals surface area contributed by atoms with Crippen molar-refractivity contribution in [2.45, 2.75) is 44.7 Å². The number of methoxy groups -OCH3 is 1. The molecule has 0 aliphatic heterocycles. The number of benzene rings is 1. The molecule has 3 fully saturated rings. The molecule has 0 spiro atoms. The maximum atomic E-state index is 5.31.